The van der Waals surface area contributed by atoms with Gasteiger partial charge in [-0.25, -0.2) is 4.98 Å². The molecule has 0 aliphatic carbocycles. The highest BCUT2D eigenvalue weighted by molar-refractivity contribution is 7.22. The maximum atomic E-state index is 12.4. The van der Waals surface area contributed by atoms with Crippen LogP contribution in [-0.4, -0.2) is 17.5 Å². The van der Waals surface area contributed by atoms with E-state index in [0.29, 0.717) is 28.1 Å². The summed E-state index contributed by atoms with van der Waals surface area (Å²) < 4.78 is 6.47. The minimum atomic E-state index is -0.241. The fraction of sp³-hybridized carbons (Fsp3) is 0.222. The molecule has 2 aromatic carbocycles. The maximum Gasteiger partial charge on any atom is 0.257 e. The van der Waals surface area contributed by atoms with Crippen LogP contribution in [-0.2, 0) is 0 Å². The van der Waals surface area contributed by atoms with Crippen molar-refractivity contribution >= 4 is 44.2 Å². The molecule has 0 saturated heterocycles. The normalized spacial score (nSPS) is 10.8. The van der Waals surface area contributed by atoms with Gasteiger partial charge in [-0.05, 0) is 50.1 Å². The summed E-state index contributed by atoms with van der Waals surface area (Å²) in [6, 6.07) is 9.10. The van der Waals surface area contributed by atoms with Crippen molar-refractivity contribution < 1.29 is 9.53 Å². The van der Waals surface area contributed by atoms with Gasteiger partial charge in [0.05, 0.1) is 21.8 Å². The Bertz CT molecular complexity index is 882. The number of thiazole rings is 1. The van der Waals surface area contributed by atoms with Gasteiger partial charge in [0.15, 0.2) is 5.13 Å². The molecule has 0 saturated carbocycles. The molecule has 124 valence electrons. The van der Waals surface area contributed by atoms with Crippen molar-refractivity contribution in [2.24, 2.45) is 0 Å². The Kier molecular flexibility index (Phi) is 4.73. The molecule has 6 heteroatoms. The number of carbonyl (C=O) groups is 1. The van der Waals surface area contributed by atoms with Gasteiger partial charge in [-0.1, -0.05) is 35.1 Å². The average Bonchev–Trinajstić information content (AvgIpc) is 2.98. The van der Waals surface area contributed by atoms with E-state index in [1.54, 1.807) is 18.2 Å². The molecular weight excluding hydrogens is 344 g/mol. The number of carbonyl (C=O) groups excluding carboxylic acids is 1. The lowest BCUT2D eigenvalue weighted by Crippen LogP contribution is -2.11. The summed E-state index contributed by atoms with van der Waals surface area (Å²) in [7, 11) is 0. The average molecular weight is 361 g/mol. The molecular formula is C18H17ClN2O2S. The highest BCUT2D eigenvalue weighted by atomic mass is 35.5. The third-order valence-electron chi connectivity index (χ3n) is 3.66. The van der Waals surface area contributed by atoms with Crippen LogP contribution in [0.3, 0.4) is 0 Å². The molecule has 1 heterocycles. The lowest BCUT2D eigenvalue weighted by molar-refractivity contribution is 0.102. The standard InChI is InChI=1S/C18H17ClN2O2S/c1-4-23-14-8-7-12(9-13(14)19)17(22)21-18-20-15-10(2)5-6-11(3)16(15)24-18/h5-9H,4H2,1-3H3,(H,20,21,22). The lowest BCUT2D eigenvalue weighted by atomic mass is 10.1. The number of anilines is 1. The monoisotopic (exact) mass is 360 g/mol. The topological polar surface area (TPSA) is 51.2 Å². The predicted octanol–water partition coefficient (Wildman–Crippen LogP) is 5.22. The van der Waals surface area contributed by atoms with E-state index in [4.69, 9.17) is 16.3 Å². The Labute approximate surface area is 149 Å². The molecule has 1 amide bonds. The smallest absolute Gasteiger partial charge is 0.257 e. The first-order valence-corrected chi connectivity index (χ1v) is 8.79. The quantitative estimate of drug-likeness (QED) is 0.694. The number of hydrogen-bond donors (Lipinski definition) is 1. The van der Waals surface area contributed by atoms with Crippen LogP contribution in [0, 0.1) is 13.8 Å². The Morgan fingerprint density at radius 3 is 2.67 bits per heavy atom. The van der Waals surface area contributed by atoms with Crippen LogP contribution in [0.5, 0.6) is 5.75 Å². The number of aromatic nitrogens is 1. The van der Waals surface area contributed by atoms with Crippen LogP contribution < -0.4 is 10.1 Å². The Hall–Kier alpha value is -2.11. The van der Waals surface area contributed by atoms with Crippen molar-refractivity contribution in [3.63, 3.8) is 0 Å². The van der Waals surface area contributed by atoms with Gasteiger partial charge in [-0.2, -0.15) is 0 Å². The second-order valence-corrected chi connectivity index (χ2v) is 6.83. The van der Waals surface area contributed by atoms with Crippen LogP contribution in [0.1, 0.15) is 28.4 Å². The van der Waals surface area contributed by atoms with Gasteiger partial charge in [0.25, 0.3) is 5.91 Å². The molecule has 24 heavy (non-hydrogen) atoms. The van der Waals surface area contributed by atoms with Crippen molar-refractivity contribution in [1.29, 1.82) is 0 Å². The second kappa shape index (κ2) is 6.79. The lowest BCUT2D eigenvalue weighted by Gasteiger charge is -2.07. The number of nitrogens with one attached hydrogen (secondary N) is 1. The summed E-state index contributed by atoms with van der Waals surface area (Å²) in [5.41, 5.74) is 3.64. The molecule has 0 bridgehead atoms. The number of rotatable bonds is 4. The molecule has 0 aliphatic heterocycles. The van der Waals surface area contributed by atoms with Gasteiger partial charge in [0.1, 0.15) is 5.75 Å². The van der Waals surface area contributed by atoms with Gasteiger partial charge < -0.3 is 4.74 Å². The summed E-state index contributed by atoms with van der Waals surface area (Å²) in [6.45, 7) is 6.46. The summed E-state index contributed by atoms with van der Waals surface area (Å²) in [6.07, 6.45) is 0. The second-order valence-electron chi connectivity index (χ2n) is 5.43. The molecule has 4 nitrogen and oxygen atoms in total. The van der Waals surface area contributed by atoms with Crippen molar-refractivity contribution in [3.8, 4) is 5.75 Å². The van der Waals surface area contributed by atoms with E-state index in [2.05, 4.69) is 16.4 Å². The minimum Gasteiger partial charge on any atom is -0.492 e. The highest BCUT2D eigenvalue weighted by Crippen LogP contribution is 2.31. The predicted molar refractivity (Wildman–Crippen MR) is 99.7 cm³/mol. The van der Waals surface area contributed by atoms with E-state index in [-0.39, 0.29) is 5.91 Å². The molecule has 0 unspecified atom stereocenters. The van der Waals surface area contributed by atoms with Crippen LogP contribution in [0.15, 0.2) is 30.3 Å². The SMILES string of the molecule is CCOc1ccc(C(=O)Nc2nc3c(C)ccc(C)c3s2)cc1Cl. The molecule has 0 aliphatic rings. The van der Waals surface area contributed by atoms with E-state index in [0.717, 1.165) is 21.3 Å². The third-order valence-corrected chi connectivity index (χ3v) is 5.06. The molecule has 1 aromatic heterocycles. The van der Waals surface area contributed by atoms with E-state index in [1.165, 1.54) is 11.3 Å². The molecule has 0 radical (unpaired) electrons. The summed E-state index contributed by atoms with van der Waals surface area (Å²) in [5.74, 6) is 0.330. The van der Waals surface area contributed by atoms with Gasteiger partial charge >= 0.3 is 0 Å². The first-order valence-electron chi connectivity index (χ1n) is 7.60. The van der Waals surface area contributed by atoms with Crippen molar-refractivity contribution in [2.45, 2.75) is 20.8 Å². The molecule has 0 fully saturated rings. The molecule has 0 spiro atoms. The fourth-order valence-corrected chi connectivity index (χ4v) is 3.64. The number of halogens is 1. The summed E-state index contributed by atoms with van der Waals surface area (Å²) >= 11 is 7.62. The number of hydrogen-bond acceptors (Lipinski definition) is 4. The van der Waals surface area contributed by atoms with Crippen molar-refractivity contribution in [3.05, 3.63) is 52.0 Å². The molecule has 0 atom stereocenters. The van der Waals surface area contributed by atoms with Crippen LogP contribution >= 0.6 is 22.9 Å². The first kappa shape index (κ1) is 16.7. The van der Waals surface area contributed by atoms with Crippen LogP contribution in [0.4, 0.5) is 5.13 Å². The van der Waals surface area contributed by atoms with E-state index in [9.17, 15) is 4.79 Å². The third kappa shape index (κ3) is 3.23. The molecule has 3 aromatic rings. The summed E-state index contributed by atoms with van der Waals surface area (Å²) in [5, 5.41) is 3.85. The van der Waals surface area contributed by atoms with E-state index in [1.807, 2.05) is 26.8 Å². The van der Waals surface area contributed by atoms with Gasteiger partial charge in [0, 0.05) is 5.56 Å². The van der Waals surface area contributed by atoms with Crippen molar-refractivity contribution in [1.82, 2.24) is 4.98 Å². The molecule has 3 rings (SSSR count). The van der Waals surface area contributed by atoms with Crippen LogP contribution in [0.2, 0.25) is 5.02 Å². The van der Waals surface area contributed by atoms with Gasteiger partial charge in [-0.3, -0.25) is 10.1 Å². The number of benzene rings is 2. The zero-order chi connectivity index (χ0) is 17.3. The van der Waals surface area contributed by atoms with Gasteiger partial charge in [0.2, 0.25) is 0 Å². The Morgan fingerprint density at radius 1 is 1.25 bits per heavy atom. The number of aryl methyl sites for hydroxylation is 2. The number of amides is 1. The van der Waals surface area contributed by atoms with Crippen LogP contribution in [0.25, 0.3) is 10.2 Å². The maximum absolute atomic E-state index is 12.4. The zero-order valence-electron chi connectivity index (χ0n) is 13.6. The van der Waals surface area contributed by atoms with E-state index < -0.39 is 0 Å². The number of ether oxygens (including phenoxy) is 1. The Balaban J connectivity index is 1.86. The zero-order valence-corrected chi connectivity index (χ0v) is 15.2. The first-order chi connectivity index (χ1) is 11.5. The van der Waals surface area contributed by atoms with E-state index >= 15 is 0 Å². The van der Waals surface area contributed by atoms with Gasteiger partial charge in [-0.15, -0.1) is 0 Å². The number of fused-ring (bicyclic) bond motifs is 1. The fourth-order valence-electron chi connectivity index (χ4n) is 2.40. The highest BCUT2D eigenvalue weighted by Gasteiger charge is 2.14. The summed E-state index contributed by atoms with van der Waals surface area (Å²) in [4.78, 5) is 17.0. The minimum absolute atomic E-state index is 0.241. The Morgan fingerprint density at radius 2 is 2.00 bits per heavy atom. The number of nitrogens with zero attached hydrogens (tertiary/aromatic N) is 1. The van der Waals surface area contributed by atoms with Crippen molar-refractivity contribution in [2.75, 3.05) is 11.9 Å². The molecule has 1 N–H and O–H groups in total. The largest absolute Gasteiger partial charge is 0.492 e.